The maximum absolute atomic E-state index is 5.78. The number of nitrogens with two attached hydrogens (primary N) is 1. The van der Waals surface area contributed by atoms with Crippen LogP contribution in [0.25, 0.3) is 0 Å². The third-order valence-electron chi connectivity index (χ3n) is 2.82. The molecule has 2 aromatic carbocycles. The average Bonchev–Trinajstić information content (AvgIpc) is 2.49. The molecule has 0 atom stereocenters. The van der Waals surface area contributed by atoms with Crippen molar-refractivity contribution in [1.29, 1.82) is 0 Å². The highest BCUT2D eigenvalue weighted by atomic mass is 79.9. The van der Waals surface area contributed by atoms with Gasteiger partial charge in [-0.3, -0.25) is 0 Å². The maximum atomic E-state index is 5.78. The van der Waals surface area contributed by atoms with E-state index in [0.29, 0.717) is 6.54 Å². The van der Waals surface area contributed by atoms with Crippen molar-refractivity contribution in [1.82, 2.24) is 0 Å². The Balaban J connectivity index is 1.70. The van der Waals surface area contributed by atoms with E-state index in [1.807, 2.05) is 36.0 Å². The van der Waals surface area contributed by atoms with Crippen LogP contribution in [0.5, 0.6) is 5.75 Å². The second-order valence-corrected chi connectivity index (χ2v) is 6.40. The van der Waals surface area contributed by atoms with Crippen LogP contribution >= 0.6 is 27.7 Å². The van der Waals surface area contributed by atoms with Gasteiger partial charge in [0.1, 0.15) is 5.75 Å². The smallest absolute Gasteiger partial charge is 0.123 e. The molecule has 106 valence electrons. The van der Waals surface area contributed by atoms with Gasteiger partial charge in [0.15, 0.2) is 0 Å². The summed E-state index contributed by atoms with van der Waals surface area (Å²) in [4.78, 5) is 1.29. The van der Waals surface area contributed by atoms with Crippen LogP contribution in [0.3, 0.4) is 0 Å². The largest absolute Gasteiger partial charge is 0.493 e. The highest BCUT2D eigenvalue weighted by Gasteiger charge is 2.00. The van der Waals surface area contributed by atoms with Gasteiger partial charge >= 0.3 is 0 Å². The molecule has 0 aromatic heterocycles. The zero-order chi connectivity index (χ0) is 14.2. The molecule has 2 N–H and O–H groups in total. The van der Waals surface area contributed by atoms with Crippen LogP contribution in [0.4, 0.5) is 0 Å². The highest BCUT2D eigenvalue weighted by Crippen LogP contribution is 2.22. The molecule has 0 unspecified atom stereocenters. The molecular formula is C16H18BrNOS. The lowest BCUT2D eigenvalue weighted by molar-refractivity contribution is 0.315. The van der Waals surface area contributed by atoms with Gasteiger partial charge in [-0.2, -0.15) is 0 Å². The second-order valence-electron chi connectivity index (χ2n) is 4.32. The summed E-state index contributed by atoms with van der Waals surface area (Å²) in [5.74, 6) is 1.95. The lowest BCUT2D eigenvalue weighted by Crippen LogP contribution is -2.04. The van der Waals surface area contributed by atoms with E-state index in [9.17, 15) is 0 Å². The standard InChI is InChI=1S/C16H18BrNOS/c17-14-6-8-15(9-7-14)20-11-3-10-19-16-5-2-1-4-13(16)12-18/h1-2,4-9H,3,10-12,18H2. The third kappa shape index (κ3) is 4.85. The summed E-state index contributed by atoms with van der Waals surface area (Å²) in [6.45, 7) is 1.24. The minimum atomic E-state index is 0.518. The molecule has 0 saturated heterocycles. The van der Waals surface area contributed by atoms with Gasteiger partial charge in [-0.1, -0.05) is 34.1 Å². The number of ether oxygens (including phenoxy) is 1. The molecule has 2 nitrogen and oxygen atoms in total. The van der Waals surface area contributed by atoms with Crippen LogP contribution in [0.1, 0.15) is 12.0 Å². The Kier molecular flexibility index (Phi) is 6.43. The molecule has 2 aromatic rings. The molecule has 0 aliphatic carbocycles. The van der Waals surface area contributed by atoms with Gasteiger partial charge in [0.2, 0.25) is 0 Å². The van der Waals surface area contributed by atoms with Crippen molar-refractivity contribution in [3.8, 4) is 5.75 Å². The van der Waals surface area contributed by atoms with Crippen molar-refractivity contribution >= 4 is 27.7 Å². The molecule has 0 aliphatic heterocycles. The number of benzene rings is 2. The molecule has 0 heterocycles. The Morgan fingerprint density at radius 3 is 2.55 bits per heavy atom. The van der Waals surface area contributed by atoms with Crippen LogP contribution in [-0.2, 0) is 6.54 Å². The average molecular weight is 352 g/mol. The van der Waals surface area contributed by atoms with E-state index in [1.165, 1.54) is 4.90 Å². The van der Waals surface area contributed by atoms with Gasteiger partial charge < -0.3 is 10.5 Å². The molecule has 0 radical (unpaired) electrons. The first-order chi connectivity index (χ1) is 9.79. The second kappa shape index (κ2) is 8.35. The summed E-state index contributed by atoms with van der Waals surface area (Å²) in [6, 6.07) is 16.3. The van der Waals surface area contributed by atoms with Crippen LogP contribution in [-0.4, -0.2) is 12.4 Å². The van der Waals surface area contributed by atoms with Crippen molar-refractivity contribution in [2.75, 3.05) is 12.4 Å². The van der Waals surface area contributed by atoms with E-state index in [1.54, 1.807) is 0 Å². The van der Waals surface area contributed by atoms with Gasteiger partial charge in [-0.05, 0) is 36.8 Å². The first-order valence-corrected chi connectivity index (χ1v) is 8.36. The Hall–Kier alpha value is -0.970. The Morgan fingerprint density at radius 2 is 1.80 bits per heavy atom. The quantitative estimate of drug-likeness (QED) is 0.590. The van der Waals surface area contributed by atoms with Crippen molar-refractivity contribution in [3.63, 3.8) is 0 Å². The van der Waals surface area contributed by atoms with Crippen LogP contribution < -0.4 is 10.5 Å². The molecule has 0 aliphatic rings. The summed E-state index contributed by atoms with van der Waals surface area (Å²) < 4.78 is 6.90. The van der Waals surface area contributed by atoms with Gasteiger partial charge in [0.05, 0.1) is 6.61 Å². The predicted molar refractivity (Wildman–Crippen MR) is 89.3 cm³/mol. The van der Waals surface area contributed by atoms with Crippen LogP contribution in [0.15, 0.2) is 57.9 Å². The molecule has 0 amide bonds. The molecule has 0 spiro atoms. The molecule has 0 saturated carbocycles. The van der Waals surface area contributed by atoms with Crippen molar-refractivity contribution in [2.45, 2.75) is 17.9 Å². The van der Waals surface area contributed by atoms with Crippen molar-refractivity contribution in [2.24, 2.45) is 5.73 Å². The molecule has 2 rings (SSSR count). The van der Waals surface area contributed by atoms with Gasteiger partial charge in [0.25, 0.3) is 0 Å². The fraction of sp³-hybridized carbons (Fsp3) is 0.250. The number of hydrogen-bond acceptors (Lipinski definition) is 3. The Labute approximate surface area is 132 Å². The van der Waals surface area contributed by atoms with Crippen LogP contribution in [0.2, 0.25) is 0 Å². The van der Waals surface area contributed by atoms with Gasteiger partial charge in [-0.25, -0.2) is 0 Å². The zero-order valence-corrected chi connectivity index (χ0v) is 13.6. The summed E-state index contributed by atoms with van der Waals surface area (Å²) >= 11 is 5.29. The number of thioether (sulfide) groups is 1. The van der Waals surface area contributed by atoms with Gasteiger partial charge in [-0.15, -0.1) is 11.8 Å². The first-order valence-electron chi connectivity index (χ1n) is 6.59. The maximum Gasteiger partial charge on any atom is 0.123 e. The van der Waals surface area contributed by atoms with Crippen molar-refractivity contribution < 1.29 is 4.74 Å². The fourth-order valence-corrected chi connectivity index (χ4v) is 2.87. The van der Waals surface area contributed by atoms with E-state index in [4.69, 9.17) is 10.5 Å². The lowest BCUT2D eigenvalue weighted by Gasteiger charge is -2.09. The minimum absolute atomic E-state index is 0.518. The number of hydrogen-bond donors (Lipinski definition) is 1. The Bertz CT molecular complexity index is 530. The topological polar surface area (TPSA) is 35.2 Å². The molecule has 0 bridgehead atoms. The molecule has 4 heteroatoms. The summed E-state index contributed by atoms with van der Waals surface area (Å²) in [5, 5.41) is 0. The number of para-hydroxylation sites is 1. The fourth-order valence-electron chi connectivity index (χ4n) is 1.78. The van der Waals surface area contributed by atoms with E-state index >= 15 is 0 Å². The lowest BCUT2D eigenvalue weighted by atomic mass is 10.2. The summed E-state index contributed by atoms with van der Waals surface area (Å²) in [7, 11) is 0. The number of halogens is 1. The normalized spacial score (nSPS) is 10.5. The zero-order valence-electron chi connectivity index (χ0n) is 11.2. The molecule has 0 fully saturated rings. The first kappa shape index (κ1) is 15.4. The highest BCUT2D eigenvalue weighted by molar-refractivity contribution is 9.10. The summed E-state index contributed by atoms with van der Waals surface area (Å²) in [5.41, 5.74) is 6.74. The van der Waals surface area contributed by atoms with Crippen molar-refractivity contribution in [3.05, 3.63) is 58.6 Å². The minimum Gasteiger partial charge on any atom is -0.493 e. The Morgan fingerprint density at radius 1 is 1.05 bits per heavy atom. The molecule has 20 heavy (non-hydrogen) atoms. The van der Waals surface area contributed by atoms with E-state index < -0.39 is 0 Å². The van der Waals surface area contributed by atoms with E-state index in [0.717, 1.165) is 34.6 Å². The molecular weight excluding hydrogens is 334 g/mol. The SMILES string of the molecule is NCc1ccccc1OCCCSc1ccc(Br)cc1. The third-order valence-corrected chi connectivity index (χ3v) is 4.45. The van der Waals surface area contributed by atoms with Crippen LogP contribution in [0, 0.1) is 0 Å². The van der Waals surface area contributed by atoms with E-state index in [-0.39, 0.29) is 0 Å². The van der Waals surface area contributed by atoms with E-state index in [2.05, 4.69) is 40.2 Å². The number of rotatable bonds is 7. The predicted octanol–water partition coefficient (Wildman–Crippen LogP) is 4.47. The van der Waals surface area contributed by atoms with Gasteiger partial charge in [0, 0.05) is 27.2 Å². The summed E-state index contributed by atoms with van der Waals surface area (Å²) in [6.07, 6.45) is 1.01. The monoisotopic (exact) mass is 351 g/mol.